The molecular weight excluding hydrogens is 284 g/mol. The molecule has 2 N–H and O–H groups in total. The largest absolute Gasteiger partial charge is 0.493 e. The summed E-state index contributed by atoms with van der Waals surface area (Å²) in [5, 5.41) is 5.62. The first-order valence-electron chi connectivity index (χ1n) is 7.39. The van der Waals surface area contributed by atoms with E-state index in [1.165, 1.54) is 0 Å². The third kappa shape index (κ3) is 4.13. The molecule has 6 nitrogen and oxygen atoms in total. The molecular formula is C16H22N2O4. The van der Waals surface area contributed by atoms with Crippen LogP contribution in [0.5, 0.6) is 11.5 Å². The van der Waals surface area contributed by atoms with Gasteiger partial charge < -0.3 is 20.1 Å². The summed E-state index contributed by atoms with van der Waals surface area (Å²) in [6, 6.07) is 5.70. The number of rotatable bonds is 6. The zero-order valence-electron chi connectivity index (χ0n) is 13.0. The number of amides is 2. The Balaban J connectivity index is 1.83. The molecule has 1 heterocycles. The summed E-state index contributed by atoms with van der Waals surface area (Å²) in [5.74, 6) is 1.06. The Bertz CT molecular complexity index is 545. The van der Waals surface area contributed by atoms with E-state index in [0.29, 0.717) is 37.4 Å². The molecule has 1 aliphatic rings. The molecule has 1 aromatic carbocycles. The van der Waals surface area contributed by atoms with Gasteiger partial charge in [-0.05, 0) is 30.5 Å². The second-order valence-electron chi connectivity index (χ2n) is 5.27. The molecule has 1 fully saturated rings. The van der Waals surface area contributed by atoms with Crippen LogP contribution in [0.1, 0.15) is 18.4 Å². The summed E-state index contributed by atoms with van der Waals surface area (Å²) in [4.78, 5) is 23.3. The molecule has 0 radical (unpaired) electrons. The van der Waals surface area contributed by atoms with Crippen LogP contribution in [0.4, 0.5) is 0 Å². The summed E-state index contributed by atoms with van der Waals surface area (Å²) in [5.41, 5.74) is 1.05. The minimum Gasteiger partial charge on any atom is -0.493 e. The second kappa shape index (κ2) is 7.68. The van der Waals surface area contributed by atoms with E-state index in [4.69, 9.17) is 9.47 Å². The van der Waals surface area contributed by atoms with Crippen molar-refractivity contribution in [2.75, 3.05) is 27.3 Å². The Kier molecular flexibility index (Phi) is 5.63. The summed E-state index contributed by atoms with van der Waals surface area (Å²) >= 11 is 0. The average molecular weight is 306 g/mol. The van der Waals surface area contributed by atoms with Crippen LogP contribution in [-0.2, 0) is 16.0 Å². The number of hydrogen-bond acceptors (Lipinski definition) is 4. The predicted octanol–water partition coefficient (Wildman–Crippen LogP) is 0.889. The smallest absolute Gasteiger partial charge is 0.223 e. The lowest BCUT2D eigenvalue weighted by atomic mass is 9.96. The van der Waals surface area contributed by atoms with E-state index in [-0.39, 0.29) is 24.2 Å². The van der Waals surface area contributed by atoms with Crippen molar-refractivity contribution in [3.63, 3.8) is 0 Å². The Morgan fingerprint density at radius 2 is 2.09 bits per heavy atom. The molecule has 1 aromatic rings. The van der Waals surface area contributed by atoms with E-state index in [1.54, 1.807) is 14.2 Å². The van der Waals surface area contributed by atoms with Gasteiger partial charge in [-0.25, -0.2) is 0 Å². The number of nitrogens with one attached hydrogen (secondary N) is 2. The highest BCUT2D eigenvalue weighted by atomic mass is 16.5. The van der Waals surface area contributed by atoms with Gasteiger partial charge in [-0.15, -0.1) is 0 Å². The average Bonchev–Trinajstić information content (AvgIpc) is 2.54. The molecule has 120 valence electrons. The van der Waals surface area contributed by atoms with Crippen LogP contribution in [0.15, 0.2) is 18.2 Å². The van der Waals surface area contributed by atoms with Crippen LogP contribution in [0.3, 0.4) is 0 Å². The lowest BCUT2D eigenvalue weighted by Crippen LogP contribution is -2.41. The molecule has 1 saturated heterocycles. The minimum absolute atomic E-state index is 0.0460. The number of methoxy groups -OCH3 is 2. The topological polar surface area (TPSA) is 76.7 Å². The van der Waals surface area contributed by atoms with Gasteiger partial charge in [0.25, 0.3) is 0 Å². The fraction of sp³-hybridized carbons (Fsp3) is 0.500. The van der Waals surface area contributed by atoms with E-state index < -0.39 is 0 Å². The minimum atomic E-state index is -0.209. The molecule has 0 aromatic heterocycles. The van der Waals surface area contributed by atoms with Gasteiger partial charge >= 0.3 is 0 Å². The lowest BCUT2D eigenvalue weighted by Gasteiger charge is -2.21. The van der Waals surface area contributed by atoms with E-state index in [9.17, 15) is 9.59 Å². The molecule has 1 unspecified atom stereocenters. The van der Waals surface area contributed by atoms with Crippen molar-refractivity contribution >= 4 is 11.8 Å². The van der Waals surface area contributed by atoms with E-state index in [1.807, 2.05) is 18.2 Å². The molecule has 1 aliphatic heterocycles. The first kappa shape index (κ1) is 16.1. The highest BCUT2D eigenvalue weighted by Crippen LogP contribution is 2.27. The van der Waals surface area contributed by atoms with Crippen molar-refractivity contribution in [2.24, 2.45) is 5.92 Å². The summed E-state index contributed by atoms with van der Waals surface area (Å²) in [7, 11) is 3.19. The van der Waals surface area contributed by atoms with E-state index in [2.05, 4.69) is 10.6 Å². The van der Waals surface area contributed by atoms with Crippen LogP contribution in [0.25, 0.3) is 0 Å². The fourth-order valence-corrected chi connectivity index (χ4v) is 2.52. The van der Waals surface area contributed by atoms with E-state index in [0.717, 1.165) is 5.56 Å². The van der Waals surface area contributed by atoms with Gasteiger partial charge in [0, 0.05) is 25.4 Å². The number of carbonyl (C=O) groups is 2. The standard InChI is InChI=1S/C16H22N2O4/c1-21-13-4-3-11(9-14(13)22-2)5-7-18-16(20)12-6-8-17-15(19)10-12/h3-4,9,12H,5-8,10H2,1-2H3,(H,17,19)(H,18,20). The third-order valence-electron chi connectivity index (χ3n) is 3.78. The maximum absolute atomic E-state index is 12.0. The monoisotopic (exact) mass is 306 g/mol. The van der Waals surface area contributed by atoms with Crippen LogP contribution in [0, 0.1) is 5.92 Å². The van der Waals surface area contributed by atoms with Crippen molar-refractivity contribution in [1.29, 1.82) is 0 Å². The molecule has 2 amide bonds. The van der Waals surface area contributed by atoms with Gasteiger partial charge in [-0.2, -0.15) is 0 Å². The van der Waals surface area contributed by atoms with Gasteiger partial charge in [0.2, 0.25) is 11.8 Å². The van der Waals surface area contributed by atoms with Crippen LogP contribution in [-0.4, -0.2) is 39.1 Å². The predicted molar refractivity (Wildman–Crippen MR) is 82.0 cm³/mol. The summed E-state index contributed by atoms with van der Waals surface area (Å²) in [6.07, 6.45) is 1.68. The van der Waals surface area contributed by atoms with Gasteiger partial charge in [-0.3, -0.25) is 9.59 Å². The maximum Gasteiger partial charge on any atom is 0.223 e. The third-order valence-corrected chi connectivity index (χ3v) is 3.78. The van der Waals surface area contributed by atoms with Crippen LogP contribution >= 0.6 is 0 Å². The highest BCUT2D eigenvalue weighted by Gasteiger charge is 2.24. The van der Waals surface area contributed by atoms with Crippen molar-refractivity contribution in [2.45, 2.75) is 19.3 Å². The van der Waals surface area contributed by atoms with Crippen molar-refractivity contribution in [3.8, 4) is 11.5 Å². The molecule has 0 spiro atoms. The van der Waals surface area contributed by atoms with Crippen LogP contribution in [0.2, 0.25) is 0 Å². The normalized spacial score (nSPS) is 17.5. The van der Waals surface area contributed by atoms with Gasteiger partial charge in [0.05, 0.1) is 14.2 Å². The first-order valence-corrected chi connectivity index (χ1v) is 7.39. The molecule has 22 heavy (non-hydrogen) atoms. The van der Waals surface area contributed by atoms with Crippen LogP contribution < -0.4 is 20.1 Å². The number of ether oxygens (including phenoxy) is 2. The Morgan fingerprint density at radius 3 is 2.77 bits per heavy atom. The molecule has 0 aliphatic carbocycles. The quantitative estimate of drug-likeness (QED) is 0.818. The molecule has 2 rings (SSSR count). The molecule has 0 bridgehead atoms. The number of piperidine rings is 1. The molecule has 0 saturated carbocycles. The zero-order chi connectivity index (χ0) is 15.9. The Labute approximate surface area is 130 Å². The second-order valence-corrected chi connectivity index (χ2v) is 5.27. The molecule has 6 heteroatoms. The van der Waals surface area contributed by atoms with Gasteiger partial charge in [0.1, 0.15) is 0 Å². The Morgan fingerprint density at radius 1 is 1.32 bits per heavy atom. The summed E-state index contributed by atoms with van der Waals surface area (Å²) in [6.45, 7) is 1.11. The summed E-state index contributed by atoms with van der Waals surface area (Å²) < 4.78 is 10.4. The zero-order valence-corrected chi connectivity index (χ0v) is 13.0. The van der Waals surface area contributed by atoms with E-state index >= 15 is 0 Å². The van der Waals surface area contributed by atoms with Gasteiger partial charge in [-0.1, -0.05) is 6.07 Å². The number of benzene rings is 1. The van der Waals surface area contributed by atoms with Crippen molar-refractivity contribution in [3.05, 3.63) is 23.8 Å². The SMILES string of the molecule is COc1ccc(CCNC(=O)C2CCNC(=O)C2)cc1OC. The van der Waals surface area contributed by atoms with Crippen molar-refractivity contribution < 1.29 is 19.1 Å². The van der Waals surface area contributed by atoms with Gasteiger partial charge in [0.15, 0.2) is 11.5 Å². The Hall–Kier alpha value is -2.24. The number of carbonyl (C=O) groups excluding carboxylic acids is 2. The number of hydrogen-bond donors (Lipinski definition) is 2. The fourth-order valence-electron chi connectivity index (χ4n) is 2.52. The van der Waals surface area contributed by atoms with Crippen molar-refractivity contribution in [1.82, 2.24) is 10.6 Å². The molecule has 1 atom stereocenters. The lowest BCUT2D eigenvalue weighted by molar-refractivity contribution is -0.132. The highest BCUT2D eigenvalue weighted by molar-refractivity contribution is 5.86. The first-order chi connectivity index (χ1) is 10.6. The maximum atomic E-state index is 12.0.